The van der Waals surface area contributed by atoms with E-state index in [9.17, 15) is 8.42 Å². The minimum Gasteiger partial charge on any atom is -0.370 e. The van der Waals surface area contributed by atoms with Crippen molar-refractivity contribution < 1.29 is 8.42 Å². The second kappa shape index (κ2) is 8.10. The lowest BCUT2D eigenvalue weighted by molar-refractivity contribution is 0.445. The van der Waals surface area contributed by atoms with Gasteiger partial charge in [0.2, 0.25) is 10.0 Å². The molecule has 2 aliphatic rings. The Labute approximate surface area is 162 Å². The van der Waals surface area contributed by atoms with Crippen LogP contribution >= 0.6 is 12.2 Å². The highest BCUT2D eigenvalue weighted by Gasteiger charge is 2.26. The third-order valence-corrected chi connectivity index (χ3v) is 7.18. The summed E-state index contributed by atoms with van der Waals surface area (Å²) in [6, 6.07) is 5.79. The smallest absolute Gasteiger partial charge is 0.243 e. The molecule has 1 aromatic carbocycles. The third kappa shape index (κ3) is 4.29. The molecule has 2 N–H and O–H groups in total. The Morgan fingerprint density at radius 3 is 2.46 bits per heavy atom. The predicted octanol–water partition coefficient (Wildman–Crippen LogP) is 2.77. The maximum Gasteiger partial charge on any atom is 0.243 e. The van der Waals surface area contributed by atoms with Crippen LogP contribution in [0.4, 0.5) is 11.4 Å². The van der Waals surface area contributed by atoms with Crippen molar-refractivity contribution in [1.82, 2.24) is 9.62 Å². The van der Waals surface area contributed by atoms with E-state index in [4.69, 9.17) is 12.2 Å². The molecule has 1 saturated heterocycles. The first kappa shape index (κ1) is 19.4. The van der Waals surface area contributed by atoms with Crippen molar-refractivity contribution in [3.05, 3.63) is 18.2 Å². The standard InChI is InChI=1S/C18H28N4O2S2/c1-3-22(4-2)26(23,24)15-9-10-17(21-11-5-6-12-21)16(13-15)20-18(25)19-14-7-8-14/h9-10,13-14H,3-8,11-12H2,1-2H3,(H2,19,20,25). The van der Waals surface area contributed by atoms with E-state index in [1.165, 1.54) is 4.31 Å². The number of nitrogens with zero attached hydrogens (tertiary/aromatic N) is 2. The summed E-state index contributed by atoms with van der Waals surface area (Å²) in [6.07, 6.45) is 4.59. The molecule has 3 rings (SSSR count). The zero-order chi connectivity index (χ0) is 18.7. The third-order valence-electron chi connectivity index (χ3n) is 4.92. The second-order valence-electron chi connectivity index (χ2n) is 6.84. The van der Waals surface area contributed by atoms with Crippen LogP contribution in [0.15, 0.2) is 23.1 Å². The van der Waals surface area contributed by atoms with Crippen LogP contribution in [0.1, 0.15) is 39.5 Å². The molecule has 0 atom stereocenters. The minimum absolute atomic E-state index is 0.306. The summed E-state index contributed by atoms with van der Waals surface area (Å²) < 4.78 is 27.3. The SMILES string of the molecule is CCN(CC)S(=O)(=O)c1ccc(N2CCCC2)c(NC(=S)NC2CC2)c1. The molecule has 0 bridgehead atoms. The van der Waals surface area contributed by atoms with Crippen molar-refractivity contribution in [2.24, 2.45) is 0 Å². The Morgan fingerprint density at radius 2 is 1.88 bits per heavy atom. The highest BCUT2D eigenvalue weighted by atomic mass is 32.2. The van der Waals surface area contributed by atoms with Crippen molar-refractivity contribution in [3.8, 4) is 0 Å². The minimum atomic E-state index is -3.50. The van der Waals surface area contributed by atoms with Gasteiger partial charge in [0.1, 0.15) is 0 Å². The van der Waals surface area contributed by atoms with Gasteiger partial charge in [0.25, 0.3) is 0 Å². The van der Waals surface area contributed by atoms with Crippen LogP contribution in [-0.4, -0.2) is 50.1 Å². The molecule has 0 aromatic heterocycles. The van der Waals surface area contributed by atoms with E-state index in [1.807, 2.05) is 19.9 Å². The van der Waals surface area contributed by atoms with Gasteiger partial charge in [-0.2, -0.15) is 4.31 Å². The van der Waals surface area contributed by atoms with Gasteiger partial charge in [-0.1, -0.05) is 13.8 Å². The fourth-order valence-corrected chi connectivity index (χ4v) is 5.05. The van der Waals surface area contributed by atoms with Gasteiger partial charge in [0.05, 0.1) is 16.3 Å². The van der Waals surface area contributed by atoms with E-state index in [1.54, 1.807) is 12.1 Å². The molecule has 2 fully saturated rings. The highest BCUT2D eigenvalue weighted by Crippen LogP contribution is 2.32. The number of thiocarbonyl (C=S) groups is 1. The zero-order valence-corrected chi connectivity index (χ0v) is 17.1. The number of anilines is 2. The van der Waals surface area contributed by atoms with Crippen LogP contribution in [0.25, 0.3) is 0 Å². The Bertz CT molecular complexity index is 752. The molecule has 0 radical (unpaired) electrons. The van der Waals surface area contributed by atoms with Crippen molar-refractivity contribution in [1.29, 1.82) is 0 Å². The Morgan fingerprint density at radius 1 is 1.23 bits per heavy atom. The monoisotopic (exact) mass is 396 g/mol. The van der Waals surface area contributed by atoms with Crippen LogP contribution in [0.3, 0.4) is 0 Å². The summed E-state index contributed by atoms with van der Waals surface area (Å²) >= 11 is 5.42. The van der Waals surface area contributed by atoms with Crippen LogP contribution in [0, 0.1) is 0 Å². The van der Waals surface area contributed by atoms with Gasteiger partial charge in [-0.05, 0) is 56.1 Å². The summed E-state index contributed by atoms with van der Waals surface area (Å²) in [4.78, 5) is 2.59. The number of hydrogen-bond acceptors (Lipinski definition) is 4. The van der Waals surface area contributed by atoms with E-state index in [-0.39, 0.29) is 0 Å². The molecule has 6 nitrogen and oxygen atoms in total. The van der Waals surface area contributed by atoms with Crippen molar-refractivity contribution in [3.63, 3.8) is 0 Å². The van der Waals surface area contributed by atoms with Crippen molar-refractivity contribution >= 4 is 38.7 Å². The van der Waals surface area contributed by atoms with Gasteiger partial charge in [0, 0.05) is 32.2 Å². The van der Waals surface area contributed by atoms with Gasteiger partial charge < -0.3 is 15.5 Å². The van der Waals surface area contributed by atoms with Gasteiger partial charge in [-0.3, -0.25) is 0 Å². The fourth-order valence-electron chi connectivity index (χ4n) is 3.29. The number of rotatable bonds is 7. The van der Waals surface area contributed by atoms with E-state index in [0.29, 0.717) is 29.1 Å². The van der Waals surface area contributed by atoms with E-state index in [2.05, 4.69) is 15.5 Å². The number of nitrogens with one attached hydrogen (secondary N) is 2. The van der Waals surface area contributed by atoms with E-state index < -0.39 is 10.0 Å². The summed E-state index contributed by atoms with van der Waals surface area (Å²) in [6.45, 7) is 6.59. The van der Waals surface area contributed by atoms with Crippen molar-refractivity contribution in [2.75, 3.05) is 36.4 Å². The summed E-state index contributed by atoms with van der Waals surface area (Å²) in [7, 11) is -3.50. The average Bonchev–Trinajstić information content (AvgIpc) is 3.24. The van der Waals surface area contributed by atoms with Gasteiger partial charge in [0.15, 0.2) is 5.11 Å². The normalized spacial score (nSPS) is 17.6. The molecule has 1 saturated carbocycles. The molecular formula is C18H28N4O2S2. The lowest BCUT2D eigenvalue weighted by Gasteiger charge is -2.24. The molecule has 26 heavy (non-hydrogen) atoms. The first-order chi connectivity index (χ1) is 12.5. The molecule has 1 heterocycles. The Balaban J connectivity index is 1.92. The topological polar surface area (TPSA) is 64.7 Å². The molecule has 8 heteroatoms. The lowest BCUT2D eigenvalue weighted by atomic mass is 10.2. The molecule has 0 unspecified atom stereocenters. The second-order valence-corrected chi connectivity index (χ2v) is 9.18. The van der Waals surface area contributed by atoms with E-state index >= 15 is 0 Å². The first-order valence-electron chi connectivity index (χ1n) is 9.42. The number of hydrogen-bond donors (Lipinski definition) is 2. The summed E-state index contributed by atoms with van der Waals surface area (Å²) in [5, 5.41) is 7.07. The summed E-state index contributed by atoms with van der Waals surface area (Å²) in [5.41, 5.74) is 1.78. The highest BCUT2D eigenvalue weighted by molar-refractivity contribution is 7.89. The Kier molecular flexibility index (Phi) is 6.04. The lowest BCUT2D eigenvalue weighted by Crippen LogP contribution is -2.32. The quantitative estimate of drug-likeness (QED) is 0.691. The molecular weight excluding hydrogens is 368 g/mol. The largest absolute Gasteiger partial charge is 0.370 e. The maximum absolute atomic E-state index is 12.9. The Hall–Kier alpha value is -1.38. The molecule has 1 aromatic rings. The van der Waals surface area contributed by atoms with Crippen LogP contribution in [0.2, 0.25) is 0 Å². The molecule has 1 aliphatic heterocycles. The summed E-state index contributed by atoms with van der Waals surface area (Å²) in [5.74, 6) is 0. The van der Waals surface area contributed by atoms with Crippen molar-refractivity contribution in [2.45, 2.75) is 50.5 Å². The first-order valence-corrected chi connectivity index (χ1v) is 11.3. The van der Waals surface area contributed by atoms with Gasteiger partial charge in [-0.15, -0.1) is 0 Å². The van der Waals surface area contributed by atoms with Gasteiger partial charge in [-0.25, -0.2) is 8.42 Å². The van der Waals surface area contributed by atoms with Crippen LogP contribution in [-0.2, 0) is 10.0 Å². The van der Waals surface area contributed by atoms with Gasteiger partial charge >= 0.3 is 0 Å². The number of benzene rings is 1. The van der Waals surface area contributed by atoms with Crippen LogP contribution < -0.4 is 15.5 Å². The van der Waals surface area contributed by atoms with Crippen LogP contribution in [0.5, 0.6) is 0 Å². The molecule has 0 spiro atoms. The molecule has 0 amide bonds. The zero-order valence-electron chi connectivity index (χ0n) is 15.5. The fraction of sp³-hybridized carbons (Fsp3) is 0.611. The predicted molar refractivity (Wildman–Crippen MR) is 110 cm³/mol. The average molecular weight is 397 g/mol. The molecule has 1 aliphatic carbocycles. The maximum atomic E-state index is 12.9. The molecule has 144 valence electrons. The van der Waals surface area contributed by atoms with E-state index in [0.717, 1.165) is 50.1 Å². The number of sulfonamides is 1.